The Bertz CT molecular complexity index is 1360. The molecule has 210 valence electrons. The zero-order valence-corrected chi connectivity index (χ0v) is 23.1. The third-order valence-electron chi connectivity index (χ3n) is 5.84. The highest BCUT2D eigenvalue weighted by atomic mass is 19.1. The van der Waals surface area contributed by atoms with Crippen LogP contribution in [-0.4, -0.2) is 42.8 Å². The van der Waals surface area contributed by atoms with Crippen LogP contribution < -0.4 is 15.7 Å². The fraction of sp³-hybridized carbons (Fsp3) is 0.200. The molecule has 0 spiro atoms. The Kier molecular flexibility index (Phi) is 10.8. The lowest BCUT2D eigenvalue weighted by Crippen LogP contribution is -2.39. The Labute approximate surface area is 233 Å². The highest BCUT2D eigenvalue weighted by Crippen LogP contribution is 2.26. The number of carbonyl (C=O) groups is 2. The van der Waals surface area contributed by atoms with Crippen molar-refractivity contribution in [1.82, 2.24) is 15.3 Å². The van der Waals surface area contributed by atoms with Gasteiger partial charge in [0, 0.05) is 45.6 Å². The van der Waals surface area contributed by atoms with Crippen LogP contribution in [0.1, 0.15) is 30.5 Å². The molecule has 3 aromatic carbocycles. The monoisotopic (exact) mass is 548 g/mol. The number of hydroxylamine groups is 1. The maximum Gasteiger partial charge on any atom is 0.278 e. The van der Waals surface area contributed by atoms with Crippen LogP contribution >= 0.6 is 0 Å². The maximum atomic E-state index is 14.4. The van der Waals surface area contributed by atoms with Crippen molar-refractivity contribution in [2.24, 2.45) is 0 Å². The van der Waals surface area contributed by atoms with Gasteiger partial charge in [0.15, 0.2) is 0 Å². The fourth-order valence-corrected chi connectivity index (χ4v) is 3.71. The molecule has 0 aliphatic rings. The summed E-state index contributed by atoms with van der Waals surface area (Å²) in [5.74, 6) is 0.0483. The molecule has 9 nitrogen and oxygen atoms in total. The minimum Gasteiger partial charge on any atom is -0.432 e. The molecule has 0 radical (unpaired) electrons. The number of nitrogens with one attached hydrogen (secondary N) is 2. The van der Waals surface area contributed by atoms with E-state index in [0.29, 0.717) is 28.3 Å². The van der Waals surface area contributed by atoms with Gasteiger partial charge in [-0.1, -0.05) is 60.7 Å². The molecular formula is C30H33FN4O5. The van der Waals surface area contributed by atoms with E-state index in [4.69, 9.17) is 14.4 Å². The number of anilines is 1. The zero-order valence-electron chi connectivity index (χ0n) is 23.1. The van der Waals surface area contributed by atoms with Crippen LogP contribution in [0.2, 0.25) is 0 Å². The number of nitrogens with zero attached hydrogens (tertiary/aromatic N) is 2. The van der Waals surface area contributed by atoms with E-state index >= 15 is 0 Å². The van der Waals surface area contributed by atoms with E-state index in [0.717, 1.165) is 5.56 Å². The van der Waals surface area contributed by atoms with E-state index in [1.54, 1.807) is 50.5 Å². The number of hydrogen-bond acceptors (Lipinski definition) is 7. The summed E-state index contributed by atoms with van der Waals surface area (Å²) in [4.78, 5) is 38.2. The Morgan fingerprint density at radius 3 is 2.20 bits per heavy atom. The third kappa shape index (κ3) is 8.16. The van der Waals surface area contributed by atoms with Gasteiger partial charge in [0.25, 0.3) is 6.01 Å². The topological polar surface area (TPSA) is 92.4 Å². The number of ether oxygens (including phenoxy) is 1. The Balaban J connectivity index is 1.80. The molecule has 2 N–H and O–H groups in total. The van der Waals surface area contributed by atoms with Crippen LogP contribution in [0.25, 0.3) is 11.8 Å². The predicted molar refractivity (Wildman–Crippen MR) is 151 cm³/mol. The number of carbonyl (C=O) groups excluding carboxylic acids is 2. The lowest BCUT2D eigenvalue weighted by Gasteiger charge is -2.30. The number of amides is 2. The molecule has 0 fully saturated rings. The van der Waals surface area contributed by atoms with Crippen LogP contribution in [0.4, 0.5) is 10.1 Å². The van der Waals surface area contributed by atoms with Gasteiger partial charge < -0.3 is 4.74 Å². The van der Waals surface area contributed by atoms with Crippen molar-refractivity contribution in [3.8, 4) is 5.75 Å². The standard InChI is InChI=1S/C30H33FN4O5/c1-21(36)34(3)30(35(4)22(2)37)29(33-38-5)27-17-10-9-14-24(27)20-39-32-25-15-11-16-26(19-25)40-28(31)18-23-12-7-6-8-13-23/h6-19,32-33H,20H2,1-5H3. The molecule has 0 unspecified atom stereocenters. The summed E-state index contributed by atoms with van der Waals surface area (Å²) in [5.41, 5.74) is 8.66. The van der Waals surface area contributed by atoms with Crippen molar-refractivity contribution >= 4 is 29.3 Å². The minimum atomic E-state index is -0.745. The molecule has 0 saturated heterocycles. The Morgan fingerprint density at radius 2 is 1.55 bits per heavy atom. The van der Waals surface area contributed by atoms with E-state index in [-0.39, 0.29) is 24.2 Å². The van der Waals surface area contributed by atoms with E-state index in [9.17, 15) is 14.0 Å². The van der Waals surface area contributed by atoms with Crippen molar-refractivity contribution in [2.45, 2.75) is 20.5 Å². The summed E-state index contributed by atoms with van der Waals surface area (Å²) in [6.45, 7) is 2.90. The van der Waals surface area contributed by atoms with Gasteiger partial charge in [-0.3, -0.25) is 40.0 Å². The third-order valence-corrected chi connectivity index (χ3v) is 5.84. The van der Waals surface area contributed by atoms with Crippen LogP contribution in [0.5, 0.6) is 5.75 Å². The second kappa shape index (κ2) is 14.5. The summed E-state index contributed by atoms with van der Waals surface area (Å²) in [6, 6.07) is 22.3. The van der Waals surface area contributed by atoms with Crippen molar-refractivity contribution in [2.75, 3.05) is 26.7 Å². The second-order valence-electron chi connectivity index (χ2n) is 8.70. The van der Waals surface area contributed by atoms with Gasteiger partial charge in [0.1, 0.15) is 23.9 Å². The van der Waals surface area contributed by atoms with Crippen molar-refractivity contribution in [3.63, 3.8) is 0 Å². The van der Waals surface area contributed by atoms with Crippen LogP contribution in [0.15, 0.2) is 90.7 Å². The molecule has 0 atom stereocenters. The Hall–Kier alpha value is -4.67. The summed E-state index contributed by atoms with van der Waals surface area (Å²) >= 11 is 0. The van der Waals surface area contributed by atoms with E-state index in [1.165, 1.54) is 36.8 Å². The molecule has 0 aliphatic carbocycles. The summed E-state index contributed by atoms with van der Waals surface area (Å²) in [6.07, 6.45) is 1.30. The first-order valence-corrected chi connectivity index (χ1v) is 12.4. The van der Waals surface area contributed by atoms with Crippen molar-refractivity contribution in [3.05, 3.63) is 107 Å². The molecule has 0 saturated carbocycles. The minimum absolute atomic E-state index is 0.0965. The molecule has 2 amide bonds. The maximum absolute atomic E-state index is 14.4. The molecular weight excluding hydrogens is 515 g/mol. The summed E-state index contributed by atoms with van der Waals surface area (Å²) in [7, 11) is 4.58. The van der Waals surface area contributed by atoms with Gasteiger partial charge in [-0.05, 0) is 23.3 Å². The Morgan fingerprint density at radius 1 is 0.900 bits per heavy atom. The van der Waals surface area contributed by atoms with E-state index in [1.807, 2.05) is 42.5 Å². The zero-order chi connectivity index (χ0) is 29.1. The highest BCUT2D eigenvalue weighted by Gasteiger charge is 2.24. The molecule has 0 bridgehead atoms. The quantitative estimate of drug-likeness (QED) is 0.234. The van der Waals surface area contributed by atoms with Gasteiger partial charge in [-0.2, -0.15) is 4.39 Å². The van der Waals surface area contributed by atoms with Crippen LogP contribution in [0.3, 0.4) is 0 Å². The first-order valence-electron chi connectivity index (χ1n) is 12.4. The molecule has 0 heterocycles. The van der Waals surface area contributed by atoms with Gasteiger partial charge in [0.2, 0.25) is 11.8 Å². The largest absolute Gasteiger partial charge is 0.432 e. The molecule has 3 rings (SSSR count). The molecule has 0 aliphatic heterocycles. The summed E-state index contributed by atoms with van der Waals surface area (Å²) < 4.78 is 19.7. The number of hydrogen-bond donors (Lipinski definition) is 2. The lowest BCUT2D eigenvalue weighted by atomic mass is 10.0. The van der Waals surface area contributed by atoms with Gasteiger partial charge in [-0.25, -0.2) is 0 Å². The fourth-order valence-electron chi connectivity index (χ4n) is 3.71. The van der Waals surface area contributed by atoms with Gasteiger partial charge in [0.05, 0.1) is 12.8 Å². The normalized spacial score (nSPS) is 10.9. The van der Waals surface area contributed by atoms with Crippen LogP contribution in [0, 0.1) is 0 Å². The lowest BCUT2D eigenvalue weighted by molar-refractivity contribution is -0.130. The smallest absolute Gasteiger partial charge is 0.278 e. The van der Waals surface area contributed by atoms with E-state index in [2.05, 4.69) is 11.0 Å². The molecule has 0 aromatic heterocycles. The number of halogens is 1. The first-order chi connectivity index (χ1) is 19.2. The highest BCUT2D eigenvalue weighted by molar-refractivity contribution is 5.84. The van der Waals surface area contributed by atoms with Gasteiger partial charge in [-0.15, -0.1) is 0 Å². The average molecular weight is 549 g/mol. The summed E-state index contributed by atoms with van der Waals surface area (Å²) in [5, 5.41) is 0. The molecule has 3 aromatic rings. The van der Waals surface area contributed by atoms with Crippen LogP contribution in [-0.2, 0) is 25.9 Å². The average Bonchev–Trinajstić information content (AvgIpc) is 2.93. The van der Waals surface area contributed by atoms with Crippen molar-refractivity contribution in [1.29, 1.82) is 0 Å². The van der Waals surface area contributed by atoms with Gasteiger partial charge >= 0.3 is 0 Å². The SMILES string of the molecule is CONC(=C(N(C)C(C)=O)N(C)C(C)=O)c1ccccc1CONc1cccc(OC(F)=Cc2ccccc2)c1. The number of benzene rings is 3. The predicted octanol–water partition coefficient (Wildman–Crippen LogP) is 5.31. The molecule has 40 heavy (non-hydrogen) atoms. The molecule has 10 heteroatoms. The number of rotatable bonds is 12. The van der Waals surface area contributed by atoms with Crippen molar-refractivity contribution < 1.29 is 28.4 Å². The first kappa shape index (κ1) is 29.9. The second-order valence-corrected chi connectivity index (χ2v) is 8.70. The van der Waals surface area contributed by atoms with E-state index < -0.39 is 6.01 Å².